The molecule has 0 saturated carbocycles. The van der Waals surface area contributed by atoms with E-state index >= 15 is 4.39 Å². The molecule has 1 N–H and O–H groups in total. The van der Waals surface area contributed by atoms with Crippen molar-refractivity contribution in [2.45, 2.75) is 12.5 Å². The van der Waals surface area contributed by atoms with E-state index in [0.29, 0.717) is 50.9 Å². The molecule has 3 aromatic carbocycles. The molecule has 49 heavy (non-hydrogen) atoms. The lowest BCUT2D eigenvalue weighted by Crippen LogP contribution is -2.26. The van der Waals surface area contributed by atoms with E-state index in [2.05, 4.69) is 11.2 Å². The van der Waals surface area contributed by atoms with E-state index in [4.69, 9.17) is 9.40 Å². The minimum Gasteiger partial charge on any atom is -0.455 e. The maximum atomic E-state index is 15.1. The normalized spacial score (nSPS) is 15.5. The monoisotopic (exact) mass is 702 g/mol. The fraction of sp³-hybridized carbons (Fsp3) is 0.194. The van der Waals surface area contributed by atoms with Gasteiger partial charge < -0.3 is 14.3 Å². The average Bonchev–Trinajstić information content (AvgIpc) is 3.63. The van der Waals surface area contributed by atoms with Crippen molar-refractivity contribution >= 4 is 58.9 Å². The Morgan fingerprint density at radius 1 is 1.04 bits per heavy atom. The Kier molecular flexibility index (Phi) is 7.67. The molecule has 0 saturated heterocycles. The summed E-state index contributed by atoms with van der Waals surface area (Å²) in [5, 5.41) is 3.43. The predicted octanol–water partition coefficient (Wildman–Crippen LogP) is 6.26. The molecule has 4 heterocycles. The number of amides is 1. The van der Waals surface area contributed by atoms with E-state index in [-0.39, 0.29) is 34.4 Å². The molecule has 2 unspecified atom stereocenters. The number of pyridine rings is 1. The van der Waals surface area contributed by atoms with Gasteiger partial charge in [0.05, 0.1) is 40.1 Å². The minimum absolute atomic E-state index is 0.187. The molecule has 1 amide bonds. The molecule has 13 heteroatoms. The van der Waals surface area contributed by atoms with Gasteiger partial charge in [-0.2, -0.15) is 0 Å². The number of anilines is 1. The molecule has 0 bridgehead atoms. The molecule has 0 fully saturated rings. The standard InChI is InChI=1S/C36H32F2N4O5S2/c1-39-36(43)33-26-16-25(30(41(2)49(5,45)46)18-32(26)47-35(33)20-9-12-22(37)13-10-20)28-14-11-21-15-23(19-48(3,4)44)42-29-8-6-7-27(38)24(29)17-31(42)34(21)40-28/h6-14,16-18,23H,3,15,19H2,1-2,4-5H3,(H,39,43). The summed E-state index contributed by atoms with van der Waals surface area (Å²) in [5.74, 6) is 3.02. The van der Waals surface area contributed by atoms with Gasteiger partial charge in [0.2, 0.25) is 10.0 Å². The van der Waals surface area contributed by atoms with Gasteiger partial charge in [-0.05, 0) is 82.0 Å². The van der Waals surface area contributed by atoms with Crippen molar-refractivity contribution in [3.8, 4) is 34.0 Å². The number of rotatable bonds is 7. The van der Waals surface area contributed by atoms with Crippen LogP contribution in [0, 0.1) is 11.6 Å². The van der Waals surface area contributed by atoms with Crippen LogP contribution in [-0.2, 0) is 26.0 Å². The number of fused-ring (bicyclic) bond motifs is 6. The summed E-state index contributed by atoms with van der Waals surface area (Å²) < 4.78 is 76.9. The summed E-state index contributed by atoms with van der Waals surface area (Å²) in [6, 6.07) is 18.7. The first kappa shape index (κ1) is 32.5. The molecule has 0 spiro atoms. The lowest BCUT2D eigenvalue weighted by molar-refractivity contribution is 0.0964. The highest BCUT2D eigenvalue weighted by Crippen LogP contribution is 2.44. The van der Waals surface area contributed by atoms with Crippen molar-refractivity contribution < 1.29 is 30.6 Å². The van der Waals surface area contributed by atoms with Gasteiger partial charge in [-0.1, -0.05) is 12.1 Å². The second kappa shape index (κ2) is 11.6. The highest BCUT2D eigenvalue weighted by molar-refractivity contribution is 7.99. The Hall–Kier alpha value is -5.01. The number of nitrogens with one attached hydrogen (secondary N) is 1. The molecule has 6 aromatic rings. The summed E-state index contributed by atoms with van der Waals surface area (Å²) in [6.07, 6.45) is 3.15. The molecular weight excluding hydrogens is 671 g/mol. The molecule has 3 aromatic heterocycles. The smallest absolute Gasteiger partial charge is 0.255 e. The van der Waals surface area contributed by atoms with Crippen LogP contribution in [0.25, 0.3) is 55.8 Å². The van der Waals surface area contributed by atoms with Crippen molar-refractivity contribution in [3.63, 3.8) is 0 Å². The summed E-state index contributed by atoms with van der Waals surface area (Å²) in [7, 11) is -3.31. The lowest BCUT2D eigenvalue weighted by atomic mass is 9.96. The van der Waals surface area contributed by atoms with Gasteiger partial charge in [-0.3, -0.25) is 13.3 Å². The number of carbonyl (C=O) groups excluding carboxylic acids is 1. The first-order chi connectivity index (χ1) is 23.1. The summed E-state index contributed by atoms with van der Waals surface area (Å²) in [4.78, 5) is 18.4. The van der Waals surface area contributed by atoms with Crippen LogP contribution in [0.1, 0.15) is 22.0 Å². The third-order valence-corrected chi connectivity index (χ3v) is 11.2. The van der Waals surface area contributed by atoms with Gasteiger partial charge in [-0.15, -0.1) is 0 Å². The average molecular weight is 703 g/mol. The molecule has 1 aliphatic rings. The van der Waals surface area contributed by atoms with Crippen LogP contribution in [0.2, 0.25) is 0 Å². The Labute approximate surface area is 282 Å². The third-order valence-electron chi connectivity index (χ3n) is 8.90. The summed E-state index contributed by atoms with van der Waals surface area (Å²) in [6.45, 7) is 0. The maximum Gasteiger partial charge on any atom is 0.255 e. The van der Waals surface area contributed by atoms with Gasteiger partial charge in [0.15, 0.2) is 0 Å². The SMILES string of the molecule is C=S(C)(=O)CC1Cc2ccc(-c3cc4c(C(=O)NC)c(-c5ccc(F)cc5)oc4cc3N(C)S(C)(=O)=O)nc2-c2cc3c(F)cccc3n21. The largest absolute Gasteiger partial charge is 0.455 e. The molecule has 9 nitrogen and oxygen atoms in total. The fourth-order valence-electron chi connectivity index (χ4n) is 6.63. The first-order valence-corrected chi connectivity index (χ1v) is 19.4. The predicted molar refractivity (Wildman–Crippen MR) is 191 cm³/mol. The number of sulfonamides is 1. The van der Waals surface area contributed by atoms with Gasteiger partial charge in [0.1, 0.15) is 23.0 Å². The van der Waals surface area contributed by atoms with E-state index in [1.54, 1.807) is 36.6 Å². The van der Waals surface area contributed by atoms with Gasteiger partial charge >= 0.3 is 0 Å². The van der Waals surface area contributed by atoms with E-state index in [9.17, 15) is 21.8 Å². The van der Waals surface area contributed by atoms with Crippen LogP contribution in [0.5, 0.6) is 0 Å². The second-order valence-electron chi connectivity index (χ2n) is 12.5. The molecule has 7 rings (SSSR count). The van der Waals surface area contributed by atoms with Crippen molar-refractivity contribution in [2.24, 2.45) is 0 Å². The van der Waals surface area contributed by atoms with Gasteiger partial charge in [-0.25, -0.2) is 22.2 Å². The van der Waals surface area contributed by atoms with Crippen molar-refractivity contribution in [2.75, 3.05) is 36.7 Å². The Balaban J connectivity index is 1.49. The Bertz CT molecular complexity index is 2560. The van der Waals surface area contributed by atoms with E-state index in [1.165, 1.54) is 44.4 Å². The molecule has 0 radical (unpaired) electrons. The fourth-order valence-corrected chi connectivity index (χ4v) is 8.22. The molecule has 252 valence electrons. The maximum absolute atomic E-state index is 15.1. The molecule has 2 atom stereocenters. The van der Waals surface area contributed by atoms with Crippen LogP contribution in [0.4, 0.5) is 14.5 Å². The van der Waals surface area contributed by atoms with Crippen molar-refractivity contribution in [1.29, 1.82) is 0 Å². The van der Waals surface area contributed by atoms with Crippen LogP contribution in [0.15, 0.2) is 77.2 Å². The molecular formula is C36H32F2N4O5S2. The Morgan fingerprint density at radius 3 is 2.45 bits per heavy atom. The van der Waals surface area contributed by atoms with Crippen molar-refractivity contribution in [1.82, 2.24) is 14.9 Å². The summed E-state index contributed by atoms with van der Waals surface area (Å²) in [5.41, 5.74) is 4.59. The van der Waals surface area contributed by atoms with Crippen LogP contribution in [-0.4, -0.2) is 66.3 Å². The number of furan rings is 1. The zero-order chi connectivity index (χ0) is 35.0. The number of nitrogens with zero attached hydrogens (tertiary/aromatic N) is 3. The summed E-state index contributed by atoms with van der Waals surface area (Å²) >= 11 is 0. The number of halogens is 2. The lowest BCUT2D eigenvalue weighted by Gasteiger charge is -2.29. The number of hydrogen-bond acceptors (Lipinski definition) is 6. The second-order valence-corrected chi connectivity index (χ2v) is 17.2. The number of aromatic nitrogens is 2. The third kappa shape index (κ3) is 5.66. The van der Waals surface area contributed by atoms with Gasteiger partial charge in [0, 0.05) is 60.1 Å². The number of hydrogen-bond donors (Lipinski definition) is 1. The van der Waals surface area contributed by atoms with Crippen LogP contribution in [0.3, 0.4) is 0 Å². The minimum atomic E-state index is -3.79. The highest BCUT2D eigenvalue weighted by atomic mass is 32.2. The first-order valence-electron chi connectivity index (χ1n) is 15.3. The number of benzene rings is 3. The Morgan fingerprint density at radius 2 is 1.78 bits per heavy atom. The van der Waals surface area contributed by atoms with Crippen molar-refractivity contribution in [3.05, 3.63) is 95.6 Å². The van der Waals surface area contributed by atoms with E-state index < -0.39 is 37.1 Å². The number of carbonyl (C=O) groups is 1. The highest BCUT2D eigenvalue weighted by Gasteiger charge is 2.31. The molecule has 1 aliphatic heterocycles. The molecule has 0 aliphatic carbocycles. The topological polar surface area (TPSA) is 115 Å². The van der Waals surface area contributed by atoms with Crippen LogP contribution >= 0.6 is 0 Å². The quantitative estimate of drug-likeness (QED) is 0.197. The zero-order valence-corrected chi connectivity index (χ0v) is 28.7. The van der Waals surface area contributed by atoms with E-state index in [1.807, 2.05) is 16.7 Å². The van der Waals surface area contributed by atoms with Gasteiger partial charge in [0.25, 0.3) is 5.91 Å². The zero-order valence-electron chi connectivity index (χ0n) is 27.1. The van der Waals surface area contributed by atoms with E-state index in [0.717, 1.165) is 16.1 Å². The van der Waals surface area contributed by atoms with Crippen LogP contribution < -0.4 is 9.62 Å².